The van der Waals surface area contributed by atoms with Gasteiger partial charge in [-0.25, -0.2) is 0 Å². The van der Waals surface area contributed by atoms with E-state index in [2.05, 4.69) is 0 Å². The van der Waals surface area contributed by atoms with Crippen LogP contribution in [0, 0.1) is 29.1 Å². The smallest absolute Gasteiger partial charge is 0.310 e. The molecule has 4 aliphatic rings. The molecule has 0 spiro atoms. The van der Waals surface area contributed by atoms with Crippen molar-refractivity contribution >= 4 is 29.7 Å². The third-order valence-corrected chi connectivity index (χ3v) is 10.0. The Labute approximate surface area is 257 Å². The van der Waals surface area contributed by atoms with Crippen LogP contribution in [0.2, 0.25) is 0 Å². The van der Waals surface area contributed by atoms with Crippen molar-refractivity contribution in [3.63, 3.8) is 0 Å². The van der Waals surface area contributed by atoms with E-state index in [1.165, 1.54) is 20.8 Å². The van der Waals surface area contributed by atoms with E-state index in [9.17, 15) is 24.0 Å². The van der Waals surface area contributed by atoms with Gasteiger partial charge in [0.2, 0.25) is 0 Å². The number of carbonyl (C=O) groups is 5. The second-order valence-corrected chi connectivity index (χ2v) is 13.6. The van der Waals surface area contributed by atoms with E-state index < -0.39 is 82.7 Å². The Kier molecular flexibility index (Phi) is 8.06. The predicted molar refractivity (Wildman–Crippen MR) is 156 cm³/mol. The van der Waals surface area contributed by atoms with Crippen LogP contribution in [-0.2, 0) is 54.1 Å². The zero-order valence-electron chi connectivity index (χ0n) is 26.6. The zero-order valence-corrected chi connectivity index (χ0v) is 26.6. The van der Waals surface area contributed by atoms with Crippen molar-refractivity contribution in [3.05, 3.63) is 47.5 Å². The van der Waals surface area contributed by atoms with Crippen LogP contribution < -0.4 is 0 Å². The molecule has 1 aromatic carbocycles. The molecule has 0 radical (unpaired) electrons. The van der Waals surface area contributed by atoms with Gasteiger partial charge in [0.15, 0.2) is 23.1 Å². The van der Waals surface area contributed by atoms with Crippen LogP contribution in [0.5, 0.6) is 0 Å². The lowest BCUT2D eigenvalue weighted by atomic mass is 9.80. The van der Waals surface area contributed by atoms with Gasteiger partial charge in [-0.1, -0.05) is 58.0 Å². The number of benzene rings is 1. The minimum atomic E-state index is -1.33. The van der Waals surface area contributed by atoms with Crippen molar-refractivity contribution < 1.29 is 47.7 Å². The number of carbonyl (C=O) groups excluding carboxylic acids is 5. The Hall–Kier alpha value is -3.53. The normalized spacial score (nSPS) is 39.5. The molecule has 1 heterocycles. The first-order chi connectivity index (χ1) is 20.6. The van der Waals surface area contributed by atoms with Crippen LogP contribution in [0.1, 0.15) is 67.4 Å². The SMILES string of the molecule is CC(=O)O[C@H]1[C@@H]2[C@H]([C@@H](OC(=O)Cc3ccccc3)[C@H](OC(C)=O)/C(C)=C/[C@@]34O[C@@]3(C[C@H](C)[C@@H]4OC(C)=O)C(=O)[C@H]1C)C2(C)C. The molecule has 44 heavy (non-hydrogen) atoms. The average Bonchev–Trinajstić information content (AvgIpc) is 3.72. The van der Waals surface area contributed by atoms with Crippen LogP contribution in [-0.4, -0.2) is 65.3 Å². The highest BCUT2D eigenvalue weighted by Crippen LogP contribution is 2.68. The van der Waals surface area contributed by atoms with Crippen molar-refractivity contribution in [3.8, 4) is 0 Å². The van der Waals surface area contributed by atoms with Crippen molar-refractivity contribution in [2.45, 2.75) is 104 Å². The first kappa shape index (κ1) is 31.9. The Morgan fingerprint density at radius 2 is 1.45 bits per heavy atom. The molecule has 2 saturated carbocycles. The van der Waals surface area contributed by atoms with Gasteiger partial charge in [0, 0.05) is 32.6 Å². The molecular formula is C34H42O10. The molecule has 238 valence electrons. The number of hydrogen-bond donors (Lipinski definition) is 0. The van der Waals surface area contributed by atoms with Gasteiger partial charge < -0.3 is 23.7 Å². The summed E-state index contributed by atoms with van der Waals surface area (Å²) < 4.78 is 30.1. The molecule has 0 bridgehead atoms. The van der Waals surface area contributed by atoms with E-state index in [1.54, 1.807) is 19.9 Å². The van der Waals surface area contributed by atoms with Gasteiger partial charge in [0.25, 0.3) is 0 Å². The van der Waals surface area contributed by atoms with Crippen molar-refractivity contribution in [1.82, 2.24) is 0 Å². The van der Waals surface area contributed by atoms with Gasteiger partial charge in [0.05, 0.1) is 12.3 Å². The van der Waals surface area contributed by atoms with E-state index in [1.807, 2.05) is 51.1 Å². The number of ether oxygens (including phenoxy) is 5. The van der Waals surface area contributed by atoms with E-state index in [0.717, 1.165) is 5.56 Å². The summed E-state index contributed by atoms with van der Waals surface area (Å²) in [7, 11) is 0. The molecule has 10 nitrogen and oxygen atoms in total. The van der Waals surface area contributed by atoms with Crippen molar-refractivity contribution in [2.24, 2.45) is 29.1 Å². The van der Waals surface area contributed by atoms with Gasteiger partial charge in [-0.05, 0) is 41.9 Å². The molecule has 5 rings (SSSR count). The summed E-state index contributed by atoms with van der Waals surface area (Å²) in [5, 5.41) is 0. The molecule has 1 saturated heterocycles. The first-order valence-electron chi connectivity index (χ1n) is 15.2. The molecule has 3 fully saturated rings. The maximum atomic E-state index is 14.4. The summed E-state index contributed by atoms with van der Waals surface area (Å²) in [5.41, 5.74) is -1.96. The number of hydrogen-bond acceptors (Lipinski definition) is 10. The molecule has 1 aromatic rings. The summed E-state index contributed by atoms with van der Waals surface area (Å²) in [6, 6.07) is 9.15. The van der Waals surface area contributed by atoms with Gasteiger partial charge in [0.1, 0.15) is 18.3 Å². The molecular weight excluding hydrogens is 568 g/mol. The van der Waals surface area contributed by atoms with Crippen LogP contribution >= 0.6 is 0 Å². The molecule has 3 aliphatic carbocycles. The Morgan fingerprint density at radius 1 is 0.864 bits per heavy atom. The highest BCUT2D eigenvalue weighted by molar-refractivity contribution is 5.96. The highest BCUT2D eigenvalue weighted by atomic mass is 16.7. The highest BCUT2D eigenvalue weighted by Gasteiger charge is 2.84. The van der Waals surface area contributed by atoms with Crippen LogP contribution in [0.3, 0.4) is 0 Å². The Bertz CT molecular complexity index is 1400. The zero-order chi connectivity index (χ0) is 32.4. The fourth-order valence-corrected chi connectivity index (χ4v) is 8.16. The topological polar surface area (TPSA) is 135 Å². The maximum Gasteiger partial charge on any atom is 0.310 e. The number of ketones is 1. The monoisotopic (exact) mass is 610 g/mol. The fourth-order valence-electron chi connectivity index (χ4n) is 8.16. The van der Waals surface area contributed by atoms with E-state index in [-0.39, 0.29) is 24.5 Å². The van der Waals surface area contributed by atoms with Gasteiger partial charge in [-0.2, -0.15) is 0 Å². The number of epoxide rings is 1. The summed E-state index contributed by atoms with van der Waals surface area (Å²) in [6.45, 7) is 13.2. The second kappa shape index (κ2) is 11.1. The third-order valence-electron chi connectivity index (χ3n) is 10.0. The maximum absolute atomic E-state index is 14.4. The van der Waals surface area contributed by atoms with Crippen LogP contribution in [0.25, 0.3) is 0 Å². The summed E-state index contributed by atoms with van der Waals surface area (Å²) in [4.78, 5) is 65.1. The minimum absolute atomic E-state index is 0.00479. The van der Waals surface area contributed by atoms with E-state index >= 15 is 0 Å². The molecule has 10 atom stereocenters. The molecule has 10 heteroatoms. The lowest BCUT2D eigenvalue weighted by Gasteiger charge is -2.30. The molecule has 0 aromatic heterocycles. The van der Waals surface area contributed by atoms with Crippen molar-refractivity contribution in [1.29, 1.82) is 0 Å². The first-order valence-corrected chi connectivity index (χ1v) is 15.2. The number of rotatable bonds is 6. The standard InChI is InChI=1S/C34H42O10/c1-17-15-34-31(42-22(6)37)18(2)16-33(34,44-34)30(39)19(3)28(41-21(5)36)25-26(32(25,7)8)29(27(17)40-20(4)35)43-24(38)14-23-12-10-9-11-13-23/h9-13,15,18-19,25-29,31H,14,16H2,1-8H3/b17-15+/t18-,19-,25-,26+,27+,28+,29+,31-,33-,34-/m0/s1. The summed E-state index contributed by atoms with van der Waals surface area (Å²) >= 11 is 0. The van der Waals surface area contributed by atoms with E-state index in [0.29, 0.717) is 5.57 Å². The molecule has 0 unspecified atom stereocenters. The fraction of sp³-hybridized carbons (Fsp3) is 0.618. The van der Waals surface area contributed by atoms with Gasteiger partial charge in [-0.3, -0.25) is 24.0 Å². The quantitative estimate of drug-likeness (QED) is 0.202. The predicted octanol–water partition coefficient (Wildman–Crippen LogP) is 3.92. The van der Waals surface area contributed by atoms with Crippen LogP contribution in [0.15, 0.2) is 42.0 Å². The molecule has 0 N–H and O–H groups in total. The molecule has 1 aliphatic heterocycles. The summed E-state index contributed by atoms with van der Waals surface area (Å²) in [6.07, 6.45) is -1.68. The van der Waals surface area contributed by atoms with Crippen LogP contribution in [0.4, 0.5) is 0 Å². The lowest BCUT2D eigenvalue weighted by molar-refractivity contribution is -0.167. The Morgan fingerprint density at radius 3 is 2.05 bits per heavy atom. The number of esters is 4. The lowest BCUT2D eigenvalue weighted by Crippen LogP contribution is -2.43. The van der Waals surface area contributed by atoms with Gasteiger partial charge >= 0.3 is 23.9 Å². The van der Waals surface area contributed by atoms with E-state index in [4.69, 9.17) is 23.7 Å². The number of Topliss-reactive ketones (excluding diaryl/α,β-unsaturated/α-hetero) is 1. The minimum Gasteiger partial charge on any atom is -0.461 e. The largest absolute Gasteiger partial charge is 0.461 e. The number of fused-ring (bicyclic) bond motifs is 1. The second-order valence-electron chi connectivity index (χ2n) is 13.6. The molecule has 0 amide bonds. The third kappa shape index (κ3) is 5.25. The average molecular weight is 611 g/mol. The van der Waals surface area contributed by atoms with Crippen molar-refractivity contribution in [2.75, 3.05) is 0 Å². The summed E-state index contributed by atoms with van der Waals surface area (Å²) in [5.74, 6) is -4.29. The van der Waals surface area contributed by atoms with Gasteiger partial charge in [-0.15, -0.1) is 0 Å². The Balaban J connectivity index is 1.65.